The van der Waals surface area contributed by atoms with Crippen molar-refractivity contribution < 1.29 is 9.90 Å². The smallest absolute Gasteiger partial charge is 0.254 e. The highest BCUT2D eigenvalue weighted by Crippen LogP contribution is 2.17. The summed E-state index contributed by atoms with van der Waals surface area (Å²) in [4.78, 5) is 11.2. The van der Waals surface area contributed by atoms with E-state index in [0.717, 1.165) is 5.56 Å². The zero-order valence-electron chi connectivity index (χ0n) is 7.37. The van der Waals surface area contributed by atoms with Gasteiger partial charge in [-0.3, -0.25) is 4.79 Å². The molecule has 0 bridgehead atoms. The van der Waals surface area contributed by atoms with Gasteiger partial charge in [-0.1, -0.05) is 6.07 Å². The maximum Gasteiger partial charge on any atom is 0.254 e. The van der Waals surface area contributed by atoms with E-state index in [-0.39, 0.29) is 17.2 Å². The lowest BCUT2D eigenvalue weighted by molar-refractivity contribution is 0.0960. The van der Waals surface area contributed by atoms with Crippen molar-refractivity contribution in [2.24, 2.45) is 5.73 Å². The number of rotatable bonds is 2. The quantitative estimate of drug-likeness (QED) is 0.609. The van der Waals surface area contributed by atoms with E-state index in [2.05, 4.69) is 5.32 Å². The molecule has 1 aromatic rings. The first kappa shape index (κ1) is 9.54. The minimum Gasteiger partial charge on any atom is -0.507 e. The number of amides is 1. The standard InChI is InChI=1S/C9H12N2O2/c1-11-9(13)7-4-6(5-10)2-3-8(7)12/h2-4,12H,5,10H2,1H3,(H,11,13). The Morgan fingerprint density at radius 1 is 1.62 bits per heavy atom. The Morgan fingerprint density at radius 2 is 2.31 bits per heavy atom. The van der Waals surface area contributed by atoms with Gasteiger partial charge in [-0.05, 0) is 17.7 Å². The minimum absolute atomic E-state index is 0.0310. The number of nitrogens with two attached hydrogens (primary N) is 1. The molecule has 0 fully saturated rings. The van der Waals surface area contributed by atoms with Crippen LogP contribution in [0.5, 0.6) is 5.75 Å². The van der Waals surface area contributed by atoms with Gasteiger partial charge in [0.05, 0.1) is 5.56 Å². The van der Waals surface area contributed by atoms with Gasteiger partial charge in [-0.2, -0.15) is 0 Å². The molecule has 0 aliphatic carbocycles. The summed E-state index contributed by atoms with van der Waals surface area (Å²) < 4.78 is 0. The molecule has 0 aliphatic heterocycles. The third-order valence-electron chi connectivity index (χ3n) is 1.77. The molecule has 0 saturated heterocycles. The van der Waals surface area contributed by atoms with Gasteiger partial charge < -0.3 is 16.2 Å². The van der Waals surface area contributed by atoms with Gasteiger partial charge in [0.25, 0.3) is 5.91 Å². The number of hydrogen-bond acceptors (Lipinski definition) is 3. The zero-order valence-corrected chi connectivity index (χ0v) is 7.37. The predicted molar refractivity (Wildman–Crippen MR) is 49.4 cm³/mol. The van der Waals surface area contributed by atoms with Gasteiger partial charge in [-0.15, -0.1) is 0 Å². The van der Waals surface area contributed by atoms with Crippen molar-refractivity contribution in [3.63, 3.8) is 0 Å². The van der Waals surface area contributed by atoms with Gasteiger partial charge in [0.15, 0.2) is 0 Å². The molecular formula is C9H12N2O2. The second-order valence-corrected chi connectivity index (χ2v) is 2.63. The van der Waals surface area contributed by atoms with E-state index in [9.17, 15) is 9.90 Å². The van der Waals surface area contributed by atoms with Crippen molar-refractivity contribution in [3.8, 4) is 5.75 Å². The number of nitrogens with one attached hydrogen (secondary N) is 1. The maximum absolute atomic E-state index is 11.2. The lowest BCUT2D eigenvalue weighted by Gasteiger charge is -2.04. The maximum atomic E-state index is 11.2. The van der Waals surface area contributed by atoms with Crippen LogP contribution in [0.4, 0.5) is 0 Å². The number of hydrogen-bond donors (Lipinski definition) is 3. The summed E-state index contributed by atoms with van der Waals surface area (Å²) in [6.45, 7) is 0.351. The fourth-order valence-corrected chi connectivity index (χ4v) is 1.03. The number of carbonyl (C=O) groups is 1. The van der Waals surface area contributed by atoms with Crippen molar-refractivity contribution in [1.82, 2.24) is 5.32 Å². The van der Waals surface area contributed by atoms with E-state index in [0.29, 0.717) is 6.54 Å². The third-order valence-corrected chi connectivity index (χ3v) is 1.77. The molecule has 4 heteroatoms. The van der Waals surface area contributed by atoms with E-state index in [1.165, 1.54) is 13.1 Å². The van der Waals surface area contributed by atoms with E-state index in [4.69, 9.17) is 5.73 Å². The van der Waals surface area contributed by atoms with Gasteiger partial charge in [0, 0.05) is 13.6 Å². The largest absolute Gasteiger partial charge is 0.507 e. The molecule has 0 aromatic heterocycles. The first-order valence-corrected chi connectivity index (χ1v) is 3.93. The molecule has 13 heavy (non-hydrogen) atoms. The van der Waals surface area contributed by atoms with E-state index in [1.54, 1.807) is 12.1 Å². The third kappa shape index (κ3) is 1.97. The Morgan fingerprint density at radius 3 is 2.85 bits per heavy atom. The molecule has 1 rings (SSSR count). The van der Waals surface area contributed by atoms with Gasteiger partial charge in [-0.25, -0.2) is 0 Å². The van der Waals surface area contributed by atoms with Crippen molar-refractivity contribution in [3.05, 3.63) is 29.3 Å². The SMILES string of the molecule is CNC(=O)c1cc(CN)ccc1O. The molecule has 0 heterocycles. The molecule has 70 valence electrons. The Balaban J connectivity index is 3.11. The van der Waals surface area contributed by atoms with Crippen LogP contribution in [0.25, 0.3) is 0 Å². The second-order valence-electron chi connectivity index (χ2n) is 2.63. The van der Waals surface area contributed by atoms with Crippen molar-refractivity contribution in [2.75, 3.05) is 7.05 Å². The summed E-state index contributed by atoms with van der Waals surface area (Å²) in [7, 11) is 1.51. The molecule has 1 amide bonds. The van der Waals surface area contributed by atoms with Crippen LogP contribution in [-0.4, -0.2) is 18.1 Å². The van der Waals surface area contributed by atoms with E-state index in [1.807, 2.05) is 0 Å². The van der Waals surface area contributed by atoms with Gasteiger partial charge in [0.1, 0.15) is 5.75 Å². The summed E-state index contributed by atoms with van der Waals surface area (Å²) in [6.07, 6.45) is 0. The number of benzene rings is 1. The van der Waals surface area contributed by atoms with Gasteiger partial charge >= 0.3 is 0 Å². The van der Waals surface area contributed by atoms with Crippen LogP contribution in [0.1, 0.15) is 15.9 Å². The molecule has 0 radical (unpaired) electrons. The van der Waals surface area contributed by atoms with Gasteiger partial charge in [0.2, 0.25) is 0 Å². The lowest BCUT2D eigenvalue weighted by atomic mass is 10.1. The number of phenolic OH excluding ortho intramolecular Hbond substituents is 1. The number of aromatic hydroxyl groups is 1. The molecule has 0 atom stereocenters. The van der Waals surface area contributed by atoms with Crippen LogP contribution in [0, 0.1) is 0 Å². The monoisotopic (exact) mass is 180 g/mol. The fraction of sp³-hybridized carbons (Fsp3) is 0.222. The van der Waals surface area contributed by atoms with Crippen LogP contribution in [0.3, 0.4) is 0 Å². The van der Waals surface area contributed by atoms with Crippen LogP contribution >= 0.6 is 0 Å². The average Bonchev–Trinajstić information content (AvgIpc) is 2.17. The summed E-state index contributed by atoms with van der Waals surface area (Å²) in [5.41, 5.74) is 6.47. The molecule has 1 aromatic carbocycles. The first-order valence-electron chi connectivity index (χ1n) is 3.93. The Bertz CT molecular complexity index is 323. The molecular weight excluding hydrogens is 168 g/mol. The molecule has 4 N–H and O–H groups in total. The normalized spacial score (nSPS) is 9.69. The Labute approximate surface area is 76.4 Å². The predicted octanol–water partition coefficient (Wildman–Crippen LogP) is 0.210. The average molecular weight is 180 g/mol. The second kappa shape index (κ2) is 3.91. The fourth-order valence-electron chi connectivity index (χ4n) is 1.03. The van der Waals surface area contributed by atoms with E-state index < -0.39 is 0 Å². The Kier molecular flexibility index (Phi) is 2.87. The van der Waals surface area contributed by atoms with Crippen molar-refractivity contribution in [2.45, 2.75) is 6.54 Å². The molecule has 0 aliphatic rings. The number of carbonyl (C=O) groups excluding carboxylic acids is 1. The summed E-state index contributed by atoms with van der Waals surface area (Å²) in [5, 5.41) is 11.8. The van der Waals surface area contributed by atoms with Crippen LogP contribution in [-0.2, 0) is 6.54 Å². The minimum atomic E-state index is -0.312. The van der Waals surface area contributed by atoms with Crippen LogP contribution < -0.4 is 11.1 Å². The Hall–Kier alpha value is -1.55. The highest BCUT2D eigenvalue weighted by molar-refractivity contribution is 5.96. The summed E-state index contributed by atoms with van der Waals surface area (Å²) >= 11 is 0. The zero-order chi connectivity index (χ0) is 9.84. The van der Waals surface area contributed by atoms with Crippen molar-refractivity contribution >= 4 is 5.91 Å². The summed E-state index contributed by atoms with van der Waals surface area (Å²) in [6, 6.07) is 4.72. The molecule has 4 nitrogen and oxygen atoms in total. The van der Waals surface area contributed by atoms with Crippen LogP contribution in [0.15, 0.2) is 18.2 Å². The first-order chi connectivity index (χ1) is 6.19. The summed E-state index contributed by atoms with van der Waals surface area (Å²) in [5.74, 6) is -0.343. The highest BCUT2D eigenvalue weighted by atomic mass is 16.3. The number of phenols is 1. The highest BCUT2D eigenvalue weighted by Gasteiger charge is 2.09. The topological polar surface area (TPSA) is 75.4 Å². The van der Waals surface area contributed by atoms with E-state index >= 15 is 0 Å². The molecule has 0 spiro atoms. The lowest BCUT2D eigenvalue weighted by Crippen LogP contribution is -2.18. The molecule has 0 unspecified atom stereocenters. The molecule has 0 saturated carbocycles. The van der Waals surface area contributed by atoms with Crippen LogP contribution in [0.2, 0.25) is 0 Å². The van der Waals surface area contributed by atoms with Crippen molar-refractivity contribution in [1.29, 1.82) is 0 Å².